The summed E-state index contributed by atoms with van der Waals surface area (Å²) in [5.41, 5.74) is 1.67. The summed E-state index contributed by atoms with van der Waals surface area (Å²) in [5, 5.41) is 12.2. The van der Waals surface area contributed by atoms with Crippen LogP contribution in [0.1, 0.15) is 5.56 Å². The number of anilines is 1. The van der Waals surface area contributed by atoms with E-state index in [9.17, 15) is 4.79 Å². The fourth-order valence-electron chi connectivity index (χ4n) is 1.57. The molecule has 1 amide bonds. The molecule has 5 heteroatoms. The molecule has 0 aliphatic carbocycles. The van der Waals surface area contributed by atoms with E-state index in [0.717, 1.165) is 16.3 Å². The Balaban J connectivity index is 1.84. The predicted octanol–water partition coefficient (Wildman–Crippen LogP) is 2.88. The summed E-state index contributed by atoms with van der Waals surface area (Å²) in [5.74, 6) is 0.241. The second-order valence-corrected chi connectivity index (χ2v) is 5.03. The van der Waals surface area contributed by atoms with Crippen LogP contribution in [0.3, 0.4) is 0 Å². The molecule has 0 radical (unpaired) electrons. The van der Waals surface area contributed by atoms with Gasteiger partial charge in [0.1, 0.15) is 0 Å². The first-order valence-electron chi connectivity index (χ1n) is 6.07. The number of amides is 1. The molecule has 0 bridgehead atoms. The number of hydrogen-bond acceptors (Lipinski definition) is 4. The number of nitrogens with zero attached hydrogens (tertiary/aromatic N) is 2. The molecule has 1 N–H and O–H groups in total. The molecule has 20 heavy (non-hydrogen) atoms. The van der Waals surface area contributed by atoms with Crippen molar-refractivity contribution in [1.29, 1.82) is 5.26 Å². The molecule has 0 fully saturated rings. The third kappa shape index (κ3) is 4.41. The second kappa shape index (κ2) is 7.31. The van der Waals surface area contributed by atoms with Crippen molar-refractivity contribution in [3.8, 4) is 6.07 Å². The number of pyridine rings is 1. The van der Waals surface area contributed by atoms with Gasteiger partial charge in [-0.2, -0.15) is 5.26 Å². The van der Waals surface area contributed by atoms with Gasteiger partial charge in [-0.25, -0.2) is 4.98 Å². The Kier molecular flexibility index (Phi) is 5.15. The lowest BCUT2D eigenvalue weighted by Gasteiger charge is -2.05. The van der Waals surface area contributed by atoms with Gasteiger partial charge in [-0.3, -0.25) is 4.79 Å². The molecule has 0 aliphatic rings. The van der Waals surface area contributed by atoms with Gasteiger partial charge in [-0.1, -0.05) is 30.0 Å². The van der Waals surface area contributed by atoms with Crippen LogP contribution in [0.15, 0.2) is 53.7 Å². The highest BCUT2D eigenvalue weighted by Gasteiger charge is 2.04. The SMILES string of the molecule is N#CCc1ccc(NC(=O)CSc2ccccn2)cc1. The Labute approximate surface area is 121 Å². The average Bonchev–Trinajstić information content (AvgIpc) is 2.49. The first-order valence-corrected chi connectivity index (χ1v) is 7.06. The quantitative estimate of drug-likeness (QED) is 0.857. The van der Waals surface area contributed by atoms with Crippen LogP contribution in [0, 0.1) is 11.3 Å². The summed E-state index contributed by atoms with van der Waals surface area (Å²) in [6, 6.07) is 15.0. The maximum absolute atomic E-state index is 11.8. The van der Waals surface area contributed by atoms with E-state index in [1.54, 1.807) is 18.3 Å². The van der Waals surface area contributed by atoms with E-state index >= 15 is 0 Å². The van der Waals surface area contributed by atoms with Gasteiger partial charge in [0, 0.05) is 11.9 Å². The van der Waals surface area contributed by atoms with Crippen molar-refractivity contribution in [3.05, 3.63) is 54.2 Å². The number of nitriles is 1. The minimum Gasteiger partial charge on any atom is -0.325 e. The summed E-state index contributed by atoms with van der Waals surface area (Å²) >= 11 is 1.39. The van der Waals surface area contributed by atoms with E-state index in [1.165, 1.54) is 11.8 Å². The Morgan fingerprint density at radius 1 is 1.25 bits per heavy atom. The Hall–Kier alpha value is -2.32. The molecule has 1 aromatic carbocycles. The van der Waals surface area contributed by atoms with Crippen molar-refractivity contribution in [2.24, 2.45) is 0 Å². The summed E-state index contributed by atoms with van der Waals surface area (Å²) in [7, 11) is 0. The molecule has 0 aliphatic heterocycles. The van der Waals surface area contributed by atoms with E-state index in [2.05, 4.69) is 16.4 Å². The van der Waals surface area contributed by atoms with Crippen LogP contribution >= 0.6 is 11.8 Å². The third-order valence-corrected chi connectivity index (χ3v) is 3.45. The lowest BCUT2D eigenvalue weighted by atomic mass is 10.1. The molecule has 0 spiro atoms. The molecule has 1 aromatic heterocycles. The Bertz CT molecular complexity index is 605. The topological polar surface area (TPSA) is 65.8 Å². The highest BCUT2D eigenvalue weighted by atomic mass is 32.2. The molecule has 4 nitrogen and oxygen atoms in total. The largest absolute Gasteiger partial charge is 0.325 e. The van der Waals surface area contributed by atoms with Gasteiger partial charge in [0.05, 0.1) is 23.3 Å². The van der Waals surface area contributed by atoms with Crippen LogP contribution in [0.4, 0.5) is 5.69 Å². The highest BCUT2D eigenvalue weighted by molar-refractivity contribution is 7.99. The van der Waals surface area contributed by atoms with Crippen molar-refractivity contribution >= 4 is 23.4 Å². The number of carbonyl (C=O) groups is 1. The van der Waals surface area contributed by atoms with Gasteiger partial charge in [0.15, 0.2) is 0 Å². The van der Waals surface area contributed by atoms with Gasteiger partial charge in [0.25, 0.3) is 0 Å². The van der Waals surface area contributed by atoms with Crippen LogP contribution in [-0.2, 0) is 11.2 Å². The summed E-state index contributed by atoms with van der Waals surface area (Å²) in [6.07, 6.45) is 2.08. The number of thioether (sulfide) groups is 1. The summed E-state index contributed by atoms with van der Waals surface area (Å²) in [4.78, 5) is 15.9. The molecule has 1 heterocycles. The molecule has 100 valence electrons. The van der Waals surface area contributed by atoms with E-state index in [-0.39, 0.29) is 5.91 Å². The molecular formula is C15H13N3OS. The predicted molar refractivity (Wildman–Crippen MR) is 79.3 cm³/mol. The number of rotatable bonds is 5. The molecule has 0 saturated carbocycles. The summed E-state index contributed by atoms with van der Waals surface area (Å²) < 4.78 is 0. The third-order valence-electron chi connectivity index (χ3n) is 2.51. The van der Waals surface area contributed by atoms with Gasteiger partial charge in [0.2, 0.25) is 5.91 Å². The first-order chi connectivity index (χ1) is 9.78. The molecule has 2 aromatic rings. The van der Waals surface area contributed by atoms with Gasteiger partial charge < -0.3 is 5.32 Å². The first kappa shape index (κ1) is 14.1. The van der Waals surface area contributed by atoms with E-state index in [0.29, 0.717) is 12.2 Å². The highest BCUT2D eigenvalue weighted by Crippen LogP contribution is 2.15. The fourth-order valence-corrected chi connectivity index (χ4v) is 2.23. The zero-order chi connectivity index (χ0) is 14.2. The van der Waals surface area contributed by atoms with Crippen molar-refractivity contribution in [3.63, 3.8) is 0 Å². The lowest BCUT2D eigenvalue weighted by molar-refractivity contribution is -0.113. The molecule has 2 rings (SSSR count). The fraction of sp³-hybridized carbons (Fsp3) is 0.133. The number of benzene rings is 1. The molecule has 0 saturated heterocycles. The lowest BCUT2D eigenvalue weighted by Crippen LogP contribution is -2.14. The maximum Gasteiger partial charge on any atom is 0.234 e. The van der Waals surface area contributed by atoms with Crippen LogP contribution in [0.25, 0.3) is 0 Å². The second-order valence-electron chi connectivity index (χ2n) is 4.04. The van der Waals surface area contributed by atoms with Crippen LogP contribution in [0.5, 0.6) is 0 Å². The van der Waals surface area contributed by atoms with E-state index in [4.69, 9.17) is 5.26 Å². The van der Waals surface area contributed by atoms with E-state index < -0.39 is 0 Å². The smallest absolute Gasteiger partial charge is 0.234 e. The normalized spacial score (nSPS) is 9.75. The van der Waals surface area contributed by atoms with Gasteiger partial charge in [-0.05, 0) is 29.8 Å². The summed E-state index contributed by atoms with van der Waals surface area (Å²) in [6.45, 7) is 0. The van der Waals surface area contributed by atoms with Crippen molar-refractivity contribution < 1.29 is 4.79 Å². The number of hydrogen-bond donors (Lipinski definition) is 1. The van der Waals surface area contributed by atoms with Crippen molar-refractivity contribution in [2.75, 3.05) is 11.1 Å². The zero-order valence-corrected chi connectivity index (χ0v) is 11.6. The van der Waals surface area contributed by atoms with Gasteiger partial charge in [-0.15, -0.1) is 0 Å². The van der Waals surface area contributed by atoms with Crippen LogP contribution in [-0.4, -0.2) is 16.6 Å². The van der Waals surface area contributed by atoms with E-state index in [1.807, 2.05) is 30.3 Å². The molecular weight excluding hydrogens is 270 g/mol. The number of aromatic nitrogens is 1. The van der Waals surface area contributed by atoms with Crippen LogP contribution in [0.2, 0.25) is 0 Å². The van der Waals surface area contributed by atoms with Gasteiger partial charge >= 0.3 is 0 Å². The average molecular weight is 283 g/mol. The van der Waals surface area contributed by atoms with Crippen LogP contribution < -0.4 is 5.32 Å². The zero-order valence-electron chi connectivity index (χ0n) is 10.7. The van der Waals surface area contributed by atoms with Crippen molar-refractivity contribution in [2.45, 2.75) is 11.4 Å². The number of nitrogens with one attached hydrogen (secondary N) is 1. The maximum atomic E-state index is 11.8. The molecule has 0 atom stereocenters. The number of carbonyl (C=O) groups excluding carboxylic acids is 1. The minimum atomic E-state index is -0.0753. The minimum absolute atomic E-state index is 0.0753. The monoisotopic (exact) mass is 283 g/mol. The van der Waals surface area contributed by atoms with Crippen molar-refractivity contribution in [1.82, 2.24) is 4.98 Å². The molecule has 0 unspecified atom stereocenters. The standard InChI is InChI=1S/C15H13N3OS/c16-9-8-12-4-6-13(7-5-12)18-14(19)11-20-15-3-1-2-10-17-15/h1-7,10H,8,11H2,(H,18,19). The Morgan fingerprint density at radius 2 is 2.05 bits per heavy atom. The Morgan fingerprint density at radius 3 is 2.70 bits per heavy atom.